The quantitative estimate of drug-likeness (QED) is 0.739. The number of carbonyl (C=O) groups is 2. The minimum atomic E-state index is -0.304. The standard InChI is InChI=1S/C22H26N2O4/c1-23(13-16-7-5-4-6-8-16)22(26)18-12-21(25)24(15-18)14-17-9-10-19(27-2)20(11-17)28-3/h4-11,18H,12-15H2,1-3H3. The van der Waals surface area contributed by atoms with Crippen molar-refractivity contribution in [1.82, 2.24) is 9.80 Å². The second-order valence-electron chi connectivity index (χ2n) is 7.04. The van der Waals surface area contributed by atoms with E-state index in [4.69, 9.17) is 9.47 Å². The van der Waals surface area contributed by atoms with Gasteiger partial charge in [0.15, 0.2) is 11.5 Å². The zero-order chi connectivity index (χ0) is 20.1. The summed E-state index contributed by atoms with van der Waals surface area (Å²) in [7, 11) is 4.96. The van der Waals surface area contributed by atoms with Crippen LogP contribution in [0.2, 0.25) is 0 Å². The van der Waals surface area contributed by atoms with Crippen molar-refractivity contribution in [2.24, 2.45) is 5.92 Å². The van der Waals surface area contributed by atoms with Gasteiger partial charge in [0.2, 0.25) is 11.8 Å². The highest BCUT2D eigenvalue weighted by Crippen LogP contribution is 2.29. The summed E-state index contributed by atoms with van der Waals surface area (Å²) < 4.78 is 10.6. The SMILES string of the molecule is COc1ccc(CN2CC(C(=O)N(C)Cc3ccccc3)CC2=O)cc1OC. The molecule has 148 valence electrons. The zero-order valence-corrected chi connectivity index (χ0v) is 16.6. The van der Waals surface area contributed by atoms with Crippen LogP contribution in [0.4, 0.5) is 0 Å². The van der Waals surface area contributed by atoms with Crippen molar-refractivity contribution in [3.05, 3.63) is 59.7 Å². The lowest BCUT2D eigenvalue weighted by Crippen LogP contribution is -2.34. The van der Waals surface area contributed by atoms with Gasteiger partial charge in [-0.25, -0.2) is 0 Å². The van der Waals surface area contributed by atoms with Gasteiger partial charge in [0, 0.05) is 33.1 Å². The Morgan fingerprint density at radius 3 is 2.46 bits per heavy atom. The van der Waals surface area contributed by atoms with Crippen molar-refractivity contribution in [1.29, 1.82) is 0 Å². The molecule has 1 fully saturated rings. The molecule has 0 aromatic heterocycles. The van der Waals surface area contributed by atoms with Crippen molar-refractivity contribution in [2.45, 2.75) is 19.5 Å². The van der Waals surface area contributed by atoms with Gasteiger partial charge < -0.3 is 19.3 Å². The van der Waals surface area contributed by atoms with Crippen molar-refractivity contribution in [3.63, 3.8) is 0 Å². The van der Waals surface area contributed by atoms with Gasteiger partial charge in [-0.1, -0.05) is 36.4 Å². The number of benzene rings is 2. The van der Waals surface area contributed by atoms with Gasteiger partial charge in [0.05, 0.1) is 20.1 Å². The molecule has 6 nitrogen and oxygen atoms in total. The fourth-order valence-electron chi connectivity index (χ4n) is 3.54. The van der Waals surface area contributed by atoms with E-state index in [0.29, 0.717) is 31.1 Å². The van der Waals surface area contributed by atoms with Crippen LogP contribution in [0.3, 0.4) is 0 Å². The number of methoxy groups -OCH3 is 2. The van der Waals surface area contributed by atoms with Gasteiger partial charge in [-0.15, -0.1) is 0 Å². The van der Waals surface area contributed by atoms with Crippen LogP contribution in [0.5, 0.6) is 11.5 Å². The lowest BCUT2D eigenvalue weighted by molar-refractivity contribution is -0.135. The monoisotopic (exact) mass is 382 g/mol. The van der Waals surface area contributed by atoms with Crippen LogP contribution in [0.25, 0.3) is 0 Å². The molecule has 1 unspecified atom stereocenters. The average molecular weight is 382 g/mol. The first-order valence-electron chi connectivity index (χ1n) is 9.29. The normalized spacial score (nSPS) is 16.2. The van der Waals surface area contributed by atoms with E-state index < -0.39 is 0 Å². The first kappa shape index (κ1) is 19.7. The highest BCUT2D eigenvalue weighted by Gasteiger charge is 2.35. The lowest BCUT2D eigenvalue weighted by atomic mass is 10.1. The Hall–Kier alpha value is -3.02. The number of ether oxygens (including phenoxy) is 2. The molecule has 3 rings (SSSR count). The number of rotatable bonds is 7. The van der Waals surface area contributed by atoms with Crippen LogP contribution < -0.4 is 9.47 Å². The molecule has 1 saturated heterocycles. The highest BCUT2D eigenvalue weighted by molar-refractivity contribution is 5.89. The van der Waals surface area contributed by atoms with Crippen LogP contribution in [-0.2, 0) is 22.7 Å². The molecule has 0 bridgehead atoms. The largest absolute Gasteiger partial charge is 0.493 e. The van der Waals surface area contributed by atoms with Gasteiger partial charge >= 0.3 is 0 Å². The number of amides is 2. The molecule has 0 radical (unpaired) electrons. The molecule has 2 aromatic carbocycles. The molecule has 6 heteroatoms. The van der Waals surface area contributed by atoms with E-state index in [1.54, 1.807) is 31.1 Å². The molecule has 0 spiro atoms. The van der Waals surface area contributed by atoms with Gasteiger partial charge in [0.1, 0.15) is 0 Å². The van der Waals surface area contributed by atoms with Gasteiger partial charge in [-0.05, 0) is 23.3 Å². The minimum Gasteiger partial charge on any atom is -0.493 e. The van der Waals surface area contributed by atoms with Crippen LogP contribution in [-0.4, -0.2) is 49.4 Å². The highest BCUT2D eigenvalue weighted by atomic mass is 16.5. The maximum absolute atomic E-state index is 12.8. The van der Waals surface area contributed by atoms with Gasteiger partial charge in [-0.3, -0.25) is 9.59 Å². The first-order valence-corrected chi connectivity index (χ1v) is 9.29. The summed E-state index contributed by atoms with van der Waals surface area (Å²) in [6.07, 6.45) is 0.255. The van der Waals surface area contributed by atoms with E-state index in [9.17, 15) is 9.59 Å². The Bertz CT molecular complexity index is 838. The maximum Gasteiger partial charge on any atom is 0.228 e. The van der Waals surface area contributed by atoms with Crippen molar-refractivity contribution in [2.75, 3.05) is 27.8 Å². The maximum atomic E-state index is 12.8. The van der Waals surface area contributed by atoms with Crippen LogP contribution >= 0.6 is 0 Å². The Labute approximate surface area is 165 Å². The smallest absolute Gasteiger partial charge is 0.228 e. The van der Waals surface area contributed by atoms with Crippen LogP contribution in [0.15, 0.2) is 48.5 Å². The van der Waals surface area contributed by atoms with Crippen LogP contribution in [0, 0.1) is 5.92 Å². The average Bonchev–Trinajstić information content (AvgIpc) is 3.08. The fraction of sp³-hybridized carbons (Fsp3) is 0.364. The molecule has 1 aliphatic rings. The summed E-state index contributed by atoms with van der Waals surface area (Å²) in [5.74, 6) is 0.978. The van der Waals surface area contributed by atoms with Gasteiger partial charge in [-0.2, -0.15) is 0 Å². The van der Waals surface area contributed by atoms with Crippen LogP contribution in [0.1, 0.15) is 17.5 Å². The summed E-state index contributed by atoms with van der Waals surface area (Å²) >= 11 is 0. The number of hydrogen-bond acceptors (Lipinski definition) is 4. The third kappa shape index (κ3) is 4.44. The third-order valence-corrected chi connectivity index (χ3v) is 5.02. The molecular weight excluding hydrogens is 356 g/mol. The molecule has 2 amide bonds. The van der Waals surface area contributed by atoms with E-state index in [1.807, 2.05) is 48.5 Å². The van der Waals surface area contributed by atoms with E-state index >= 15 is 0 Å². The summed E-state index contributed by atoms with van der Waals surface area (Å²) in [5, 5.41) is 0. The Morgan fingerprint density at radius 2 is 1.79 bits per heavy atom. The lowest BCUT2D eigenvalue weighted by Gasteiger charge is -2.22. The predicted molar refractivity (Wildman–Crippen MR) is 106 cm³/mol. The molecule has 1 aliphatic heterocycles. The Kier molecular flexibility index (Phi) is 6.19. The molecule has 1 heterocycles. The number of carbonyl (C=O) groups excluding carboxylic acids is 2. The zero-order valence-electron chi connectivity index (χ0n) is 16.6. The number of likely N-dealkylation sites (tertiary alicyclic amines) is 1. The van der Waals surface area contributed by atoms with Crippen molar-refractivity contribution < 1.29 is 19.1 Å². The van der Waals surface area contributed by atoms with Crippen molar-refractivity contribution >= 4 is 11.8 Å². The third-order valence-electron chi connectivity index (χ3n) is 5.02. The minimum absolute atomic E-state index is 0.00115. The second kappa shape index (κ2) is 8.78. The Balaban J connectivity index is 1.62. The van der Waals surface area contributed by atoms with E-state index in [0.717, 1.165) is 11.1 Å². The molecule has 0 N–H and O–H groups in total. The van der Waals surface area contributed by atoms with E-state index in [1.165, 1.54) is 0 Å². The second-order valence-corrected chi connectivity index (χ2v) is 7.04. The summed E-state index contributed by atoms with van der Waals surface area (Å²) in [6, 6.07) is 15.4. The molecule has 0 saturated carbocycles. The van der Waals surface area contributed by atoms with E-state index in [-0.39, 0.29) is 24.2 Å². The molecule has 0 aliphatic carbocycles. The molecule has 1 atom stereocenters. The molecule has 2 aromatic rings. The fourth-order valence-corrected chi connectivity index (χ4v) is 3.54. The summed E-state index contributed by atoms with van der Waals surface area (Å²) in [5.41, 5.74) is 2.02. The molecule has 28 heavy (non-hydrogen) atoms. The first-order chi connectivity index (χ1) is 13.5. The van der Waals surface area contributed by atoms with E-state index in [2.05, 4.69) is 0 Å². The Morgan fingerprint density at radius 1 is 1.07 bits per heavy atom. The topological polar surface area (TPSA) is 59.1 Å². The number of hydrogen-bond donors (Lipinski definition) is 0. The summed E-state index contributed by atoms with van der Waals surface area (Å²) in [6.45, 7) is 1.43. The molecular formula is C22H26N2O4. The number of nitrogens with zero attached hydrogens (tertiary/aromatic N) is 2. The predicted octanol–water partition coefficient (Wildman–Crippen LogP) is 2.71. The summed E-state index contributed by atoms with van der Waals surface area (Å²) in [4.78, 5) is 28.7. The van der Waals surface area contributed by atoms with Gasteiger partial charge in [0.25, 0.3) is 0 Å². The van der Waals surface area contributed by atoms with Crippen molar-refractivity contribution in [3.8, 4) is 11.5 Å².